The number of benzene rings is 1. The van der Waals surface area contributed by atoms with Gasteiger partial charge in [-0.3, -0.25) is 0 Å². The first-order valence-electron chi connectivity index (χ1n) is 4.76. The number of nitrogens with one attached hydrogen (secondary N) is 1. The van der Waals surface area contributed by atoms with Crippen molar-refractivity contribution < 1.29 is 0 Å². The van der Waals surface area contributed by atoms with E-state index in [0.717, 1.165) is 24.5 Å². The molecule has 1 aliphatic rings. The van der Waals surface area contributed by atoms with Crippen molar-refractivity contribution in [3.05, 3.63) is 34.3 Å². The van der Waals surface area contributed by atoms with Crippen molar-refractivity contribution in [3.8, 4) is 0 Å². The Morgan fingerprint density at radius 2 is 2.21 bits per heavy atom. The third-order valence-corrected chi connectivity index (χ3v) is 2.90. The van der Waals surface area contributed by atoms with Gasteiger partial charge in [-0.15, -0.1) is 24.0 Å². The maximum atomic E-state index is 5.97. The van der Waals surface area contributed by atoms with E-state index in [1.807, 2.05) is 6.07 Å². The van der Waals surface area contributed by atoms with Crippen LogP contribution in [-0.4, -0.2) is 13.1 Å². The van der Waals surface area contributed by atoms with Gasteiger partial charge in [0.1, 0.15) is 0 Å². The van der Waals surface area contributed by atoms with E-state index in [-0.39, 0.29) is 24.0 Å². The number of hydrogen-bond donors (Lipinski definition) is 1. The minimum absolute atomic E-state index is 0. The third kappa shape index (κ3) is 2.61. The second-order valence-corrected chi connectivity index (χ2v) is 4.13. The number of hydrogen-bond acceptors (Lipinski definition) is 1. The van der Waals surface area contributed by atoms with E-state index in [0.29, 0.717) is 5.92 Å². The molecule has 14 heavy (non-hydrogen) atoms. The fourth-order valence-electron chi connectivity index (χ4n) is 1.90. The standard InChI is InChI=1S/C11H14ClN.HI/c1-8-7-13-5-4-9-2-3-10(12)6-11(8)9;/h2-3,6,8,13H,4-5,7H2,1H3;1H/t8-;/m0./s1. The van der Waals surface area contributed by atoms with Crippen molar-refractivity contribution in [3.63, 3.8) is 0 Å². The predicted molar refractivity (Wildman–Crippen MR) is 71.9 cm³/mol. The van der Waals surface area contributed by atoms with Crippen LogP contribution in [0.5, 0.6) is 0 Å². The monoisotopic (exact) mass is 323 g/mol. The van der Waals surface area contributed by atoms with E-state index in [1.165, 1.54) is 11.1 Å². The Bertz CT molecular complexity index is 314. The number of fused-ring (bicyclic) bond motifs is 1. The van der Waals surface area contributed by atoms with E-state index in [4.69, 9.17) is 11.6 Å². The Kier molecular flexibility index (Phi) is 4.67. The van der Waals surface area contributed by atoms with Crippen LogP contribution in [0.25, 0.3) is 0 Å². The number of halogens is 2. The maximum Gasteiger partial charge on any atom is 0.0409 e. The van der Waals surface area contributed by atoms with Gasteiger partial charge < -0.3 is 5.32 Å². The lowest BCUT2D eigenvalue weighted by Gasteiger charge is -2.11. The molecule has 1 aromatic rings. The molecule has 1 atom stereocenters. The minimum atomic E-state index is 0. The lowest BCUT2D eigenvalue weighted by molar-refractivity contribution is 0.644. The van der Waals surface area contributed by atoms with E-state index in [1.54, 1.807) is 0 Å². The summed E-state index contributed by atoms with van der Waals surface area (Å²) in [4.78, 5) is 0. The summed E-state index contributed by atoms with van der Waals surface area (Å²) in [5.41, 5.74) is 2.86. The molecule has 0 aliphatic carbocycles. The van der Waals surface area contributed by atoms with Crippen LogP contribution in [-0.2, 0) is 6.42 Å². The van der Waals surface area contributed by atoms with E-state index in [9.17, 15) is 0 Å². The number of rotatable bonds is 0. The second kappa shape index (κ2) is 5.33. The highest BCUT2D eigenvalue weighted by Crippen LogP contribution is 2.25. The smallest absolute Gasteiger partial charge is 0.0409 e. The summed E-state index contributed by atoms with van der Waals surface area (Å²) >= 11 is 5.97. The SMILES string of the molecule is C[C@H]1CNCCc2ccc(Cl)cc21.I. The fourth-order valence-corrected chi connectivity index (χ4v) is 2.08. The van der Waals surface area contributed by atoms with Gasteiger partial charge in [0.15, 0.2) is 0 Å². The summed E-state index contributed by atoms with van der Waals surface area (Å²) in [6, 6.07) is 6.24. The summed E-state index contributed by atoms with van der Waals surface area (Å²) in [7, 11) is 0. The molecule has 0 bridgehead atoms. The molecule has 0 saturated carbocycles. The van der Waals surface area contributed by atoms with Crippen molar-refractivity contribution in [1.29, 1.82) is 0 Å². The highest BCUT2D eigenvalue weighted by molar-refractivity contribution is 14.0. The van der Waals surface area contributed by atoms with Crippen LogP contribution < -0.4 is 5.32 Å². The Hall–Kier alpha value is 0.200. The van der Waals surface area contributed by atoms with Crippen LogP contribution in [0.4, 0.5) is 0 Å². The molecule has 1 nitrogen and oxygen atoms in total. The first kappa shape index (κ1) is 12.3. The minimum Gasteiger partial charge on any atom is -0.316 e. The van der Waals surface area contributed by atoms with Gasteiger partial charge in [0.25, 0.3) is 0 Å². The van der Waals surface area contributed by atoms with Crippen LogP contribution in [0.15, 0.2) is 18.2 Å². The van der Waals surface area contributed by atoms with Gasteiger partial charge in [-0.2, -0.15) is 0 Å². The third-order valence-electron chi connectivity index (χ3n) is 2.66. The first-order valence-corrected chi connectivity index (χ1v) is 5.14. The van der Waals surface area contributed by atoms with Gasteiger partial charge in [0, 0.05) is 11.6 Å². The quantitative estimate of drug-likeness (QED) is 0.723. The van der Waals surface area contributed by atoms with Crippen molar-refractivity contribution in [1.82, 2.24) is 5.32 Å². The summed E-state index contributed by atoms with van der Waals surface area (Å²) in [6.45, 7) is 4.39. The van der Waals surface area contributed by atoms with E-state index < -0.39 is 0 Å². The van der Waals surface area contributed by atoms with Crippen LogP contribution in [0.1, 0.15) is 24.0 Å². The maximum absolute atomic E-state index is 5.97. The van der Waals surface area contributed by atoms with E-state index >= 15 is 0 Å². The molecular formula is C11H15ClIN. The zero-order valence-corrected chi connectivity index (χ0v) is 11.3. The van der Waals surface area contributed by atoms with Crippen LogP contribution in [0.2, 0.25) is 5.02 Å². The Labute approximate surface area is 107 Å². The van der Waals surface area contributed by atoms with Gasteiger partial charge in [0.2, 0.25) is 0 Å². The molecule has 2 rings (SSSR count). The molecule has 0 fully saturated rings. The molecule has 1 N–H and O–H groups in total. The average Bonchev–Trinajstić information content (AvgIpc) is 2.29. The van der Waals surface area contributed by atoms with Crippen molar-refractivity contribution in [2.24, 2.45) is 0 Å². The predicted octanol–water partition coefficient (Wildman–Crippen LogP) is 3.21. The van der Waals surface area contributed by atoms with Gasteiger partial charge >= 0.3 is 0 Å². The van der Waals surface area contributed by atoms with Gasteiger partial charge in [-0.1, -0.05) is 24.6 Å². The molecular weight excluding hydrogens is 308 g/mol. The Morgan fingerprint density at radius 3 is 3.00 bits per heavy atom. The molecule has 1 aliphatic heterocycles. The molecule has 0 spiro atoms. The average molecular weight is 324 g/mol. The second-order valence-electron chi connectivity index (χ2n) is 3.70. The molecule has 3 heteroatoms. The summed E-state index contributed by atoms with van der Waals surface area (Å²) < 4.78 is 0. The zero-order valence-electron chi connectivity index (χ0n) is 8.22. The lowest BCUT2D eigenvalue weighted by Crippen LogP contribution is -2.18. The molecule has 0 unspecified atom stereocenters. The zero-order chi connectivity index (χ0) is 9.26. The topological polar surface area (TPSA) is 12.0 Å². The molecule has 0 aromatic heterocycles. The lowest BCUT2D eigenvalue weighted by atomic mass is 9.96. The molecule has 0 amide bonds. The van der Waals surface area contributed by atoms with Gasteiger partial charge in [-0.25, -0.2) is 0 Å². The fraction of sp³-hybridized carbons (Fsp3) is 0.455. The van der Waals surface area contributed by atoms with Gasteiger partial charge in [-0.05, 0) is 42.1 Å². The van der Waals surface area contributed by atoms with Crippen molar-refractivity contribution in [2.75, 3.05) is 13.1 Å². The first-order chi connectivity index (χ1) is 6.27. The molecule has 1 heterocycles. The normalized spacial score (nSPS) is 20.6. The largest absolute Gasteiger partial charge is 0.316 e. The summed E-state index contributed by atoms with van der Waals surface area (Å²) in [5, 5.41) is 4.27. The highest BCUT2D eigenvalue weighted by Gasteiger charge is 2.13. The molecule has 1 aromatic carbocycles. The van der Waals surface area contributed by atoms with E-state index in [2.05, 4.69) is 24.4 Å². The summed E-state index contributed by atoms with van der Waals surface area (Å²) in [5.74, 6) is 0.580. The van der Waals surface area contributed by atoms with Crippen molar-refractivity contribution >= 4 is 35.6 Å². The Morgan fingerprint density at radius 1 is 1.43 bits per heavy atom. The van der Waals surface area contributed by atoms with Crippen LogP contribution in [0, 0.1) is 0 Å². The van der Waals surface area contributed by atoms with Crippen molar-refractivity contribution in [2.45, 2.75) is 19.3 Å². The molecule has 78 valence electrons. The molecule has 0 saturated heterocycles. The Balaban J connectivity index is 0.000000980. The highest BCUT2D eigenvalue weighted by atomic mass is 127. The van der Waals surface area contributed by atoms with Crippen LogP contribution >= 0.6 is 35.6 Å². The summed E-state index contributed by atoms with van der Waals surface area (Å²) in [6.07, 6.45) is 1.12. The van der Waals surface area contributed by atoms with Crippen LogP contribution in [0.3, 0.4) is 0 Å². The van der Waals surface area contributed by atoms with Gasteiger partial charge in [0.05, 0.1) is 0 Å². The molecule has 0 radical (unpaired) electrons.